The summed E-state index contributed by atoms with van der Waals surface area (Å²) >= 11 is 6.25. The van der Waals surface area contributed by atoms with Crippen LogP contribution in [0.2, 0.25) is 5.02 Å². The third-order valence-corrected chi connectivity index (χ3v) is 15.7. The molecule has 0 saturated carbocycles. The maximum atomic E-state index is 14.2. The van der Waals surface area contributed by atoms with Gasteiger partial charge in [-0.1, -0.05) is 43.2 Å². The highest BCUT2D eigenvalue weighted by Gasteiger charge is 2.32. The highest BCUT2D eigenvalue weighted by atomic mass is 35.5. The Morgan fingerprint density at radius 2 is 1.78 bits per heavy atom. The lowest BCUT2D eigenvalue weighted by Crippen LogP contribution is -2.47. The normalized spacial score (nSPS) is 18.7. The van der Waals surface area contributed by atoms with Crippen molar-refractivity contribution in [1.82, 2.24) is 33.7 Å². The van der Waals surface area contributed by atoms with E-state index in [1.807, 2.05) is 30.3 Å². The fourth-order valence-corrected chi connectivity index (χ4v) is 11.1. The van der Waals surface area contributed by atoms with Crippen molar-refractivity contribution in [2.75, 3.05) is 75.4 Å². The lowest BCUT2D eigenvalue weighted by Gasteiger charge is -2.39. The molecule has 3 aromatic heterocycles. The molecule has 0 bridgehead atoms. The van der Waals surface area contributed by atoms with E-state index in [1.54, 1.807) is 29.2 Å². The number of amides is 1. The minimum absolute atomic E-state index is 0.00424. The Balaban J connectivity index is 0.962. The van der Waals surface area contributed by atoms with Crippen LogP contribution < -0.4 is 14.9 Å². The molecule has 3 aromatic carbocycles. The lowest BCUT2D eigenvalue weighted by molar-refractivity contribution is -0.384. The number of fused-ring (bicyclic) bond motifs is 2. The number of carbonyl (C=O) groups is 1. The Bertz CT molecular complexity index is 3150. The topological polar surface area (TPSA) is 218 Å². The molecular formula is C46H51ClN10O8S2. The summed E-state index contributed by atoms with van der Waals surface area (Å²) in [4.78, 5) is 37.7. The van der Waals surface area contributed by atoms with Gasteiger partial charge in [-0.05, 0) is 90.4 Å². The van der Waals surface area contributed by atoms with Gasteiger partial charge in [0.2, 0.25) is 10.0 Å². The minimum Gasteiger partial charge on any atom is -0.377 e. The standard InChI is InChI=1S/C46H51ClN10O8S2/c1-46(2)14-12-32(38(25-46)30-4-6-33(47)7-5-30)28-53-16-18-54(19-17-53)34-8-10-37(41(23-34)56-42-22-31-13-15-48-44(31)51-40(42)27-50-56)45(58)52-67(63,64)36-9-11-39(43(24-36)57(59)60)49-26-35-29-55(20-21-65-35)66(3,61)62/h4-11,13,15,22-24,27,35,49H,12,14,16-21,25-26,28-29H2,1-3H3,(H,48,51)(H,52,58). The Morgan fingerprint density at radius 3 is 2.52 bits per heavy atom. The number of nitrogens with zero attached hydrogens (tertiary/aromatic N) is 7. The second-order valence-electron chi connectivity index (χ2n) is 18.1. The molecule has 18 nitrogen and oxygen atoms in total. The van der Waals surface area contributed by atoms with E-state index in [-0.39, 0.29) is 42.9 Å². The predicted octanol–water partition coefficient (Wildman–Crippen LogP) is 6.44. The van der Waals surface area contributed by atoms with E-state index >= 15 is 0 Å². The number of nitro groups is 1. The zero-order chi connectivity index (χ0) is 47.3. The summed E-state index contributed by atoms with van der Waals surface area (Å²) in [7, 11) is -8.14. The van der Waals surface area contributed by atoms with Gasteiger partial charge in [-0.3, -0.25) is 19.8 Å². The molecular weight excluding hydrogens is 920 g/mol. The van der Waals surface area contributed by atoms with Crippen molar-refractivity contribution in [2.24, 2.45) is 5.41 Å². The van der Waals surface area contributed by atoms with Crippen LogP contribution in [-0.4, -0.2) is 128 Å². The Labute approximate surface area is 393 Å². The van der Waals surface area contributed by atoms with Gasteiger partial charge in [-0.2, -0.15) is 9.40 Å². The van der Waals surface area contributed by atoms with Crippen LogP contribution >= 0.6 is 11.6 Å². The number of benzene rings is 3. The number of nitro benzene ring substituents is 1. The average molecular weight is 972 g/mol. The summed E-state index contributed by atoms with van der Waals surface area (Å²) in [6.45, 7) is 8.92. The number of ether oxygens (including phenoxy) is 1. The lowest BCUT2D eigenvalue weighted by atomic mass is 9.72. The van der Waals surface area contributed by atoms with E-state index in [1.165, 1.54) is 27.1 Å². The summed E-state index contributed by atoms with van der Waals surface area (Å²) < 4.78 is 62.5. The zero-order valence-electron chi connectivity index (χ0n) is 37.2. The van der Waals surface area contributed by atoms with E-state index in [9.17, 15) is 31.7 Å². The summed E-state index contributed by atoms with van der Waals surface area (Å²) in [6.07, 6.45) is 6.98. The van der Waals surface area contributed by atoms with Crippen molar-refractivity contribution in [2.45, 2.75) is 44.1 Å². The number of carbonyl (C=O) groups excluding carboxylic acids is 1. The summed E-state index contributed by atoms with van der Waals surface area (Å²) in [5, 5.41) is 21.3. The number of aromatic amines is 1. The van der Waals surface area contributed by atoms with E-state index in [0.29, 0.717) is 40.5 Å². The van der Waals surface area contributed by atoms with Crippen molar-refractivity contribution < 1.29 is 31.3 Å². The van der Waals surface area contributed by atoms with Crippen LogP contribution in [0.15, 0.2) is 95.7 Å². The van der Waals surface area contributed by atoms with Crippen molar-refractivity contribution >= 4 is 82.3 Å². The molecule has 1 aliphatic carbocycles. The van der Waals surface area contributed by atoms with Crippen LogP contribution in [0.3, 0.4) is 0 Å². The number of hydrogen-bond acceptors (Lipinski definition) is 13. The number of aromatic nitrogens is 4. The first-order chi connectivity index (χ1) is 31.9. The van der Waals surface area contributed by atoms with Crippen molar-refractivity contribution in [3.05, 3.63) is 117 Å². The second kappa shape index (κ2) is 18.3. The molecule has 0 spiro atoms. The highest BCUT2D eigenvalue weighted by Crippen LogP contribution is 2.43. The summed E-state index contributed by atoms with van der Waals surface area (Å²) in [5.74, 6) is -0.971. The van der Waals surface area contributed by atoms with Crippen molar-refractivity contribution in [3.8, 4) is 5.69 Å². The number of H-pyrrole nitrogens is 1. The van der Waals surface area contributed by atoms with Crippen molar-refractivity contribution in [1.29, 1.82) is 0 Å². The van der Waals surface area contributed by atoms with Gasteiger partial charge in [0, 0.05) is 80.7 Å². The van der Waals surface area contributed by atoms with E-state index < -0.39 is 47.6 Å². The third kappa shape index (κ3) is 10.0. The molecule has 1 amide bonds. The maximum absolute atomic E-state index is 14.2. The number of nitrogens with one attached hydrogen (secondary N) is 3. The maximum Gasteiger partial charge on any atom is 0.293 e. The molecule has 1 unspecified atom stereocenters. The van der Waals surface area contributed by atoms with E-state index in [4.69, 9.17) is 21.3 Å². The highest BCUT2D eigenvalue weighted by molar-refractivity contribution is 7.90. The third-order valence-electron chi connectivity index (χ3n) is 12.8. The predicted molar refractivity (Wildman–Crippen MR) is 258 cm³/mol. The van der Waals surface area contributed by atoms with Gasteiger partial charge in [-0.15, -0.1) is 0 Å². The molecule has 67 heavy (non-hydrogen) atoms. The molecule has 21 heteroatoms. The SMILES string of the molecule is CC1(C)CCC(CN2CCN(c3ccc(C(=O)NS(=O)(=O)c4ccc(NCC5CN(S(C)(=O)=O)CCO5)c([N+](=O)[O-])c4)c(-n4ncc5nc6[nH]ccc6cc54)c3)CC2)=C(c2ccc(Cl)cc2)C1. The van der Waals surface area contributed by atoms with E-state index in [2.05, 4.69) is 55.9 Å². The first-order valence-electron chi connectivity index (χ1n) is 22.0. The number of allylic oxidation sites excluding steroid dienone is 1. The molecule has 2 aliphatic heterocycles. The monoisotopic (exact) mass is 970 g/mol. The summed E-state index contributed by atoms with van der Waals surface area (Å²) in [6, 6.07) is 20.3. The van der Waals surface area contributed by atoms with E-state index in [0.717, 1.165) is 68.4 Å². The van der Waals surface area contributed by atoms with Crippen LogP contribution in [0.5, 0.6) is 0 Å². The number of morpholine rings is 1. The van der Waals surface area contributed by atoms with Gasteiger partial charge in [0.15, 0.2) is 0 Å². The van der Waals surface area contributed by atoms with Crippen LogP contribution in [0.1, 0.15) is 49.0 Å². The molecule has 3 aliphatic rings. The molecule has 3 N–H and O–H groups in total. The quantitative estimate of drug-likeness (QED) is 0.0840. The van der Waals surface area contributed by atoms with Gasteiger partial charge in [-0.25, -0.2) is 31.2 Å². The largest absolute Gasteiger partial charge is 0.377 e. The Hall–Kier alpha value is -5.90. The fourth-order valence-electron chi connectivity index (χ4n) is 9.15. The number of hydrogen-bond donors (Lipinski definition) is 3. The molecule has 5 heterocycles. The van der Waals surface area contributed by atoms with Gasteiger partial charge >= 0.3 is 0 Å². The fraction of sp³-hybridized carbons (Fsp3) is 0.370. The number of pyridine rings is 1. The Morgan fingerprint density at radius 1 is 1.00 bits per heavy atom. The van der Waals surface area contributed by atoms with Crippen LogP contribution in [0.25, 0.3) is 33.3 Å². The van der Waals surface area contributed by atoms with Gasteiger partial charge in [0.1, 0.15) is 16.9 Å². The molecule has 6 aromatic rings. The van der Waals surface area contributed by atoms with Crippen molar-refractivity contribution in [3.63, 3.8) is 0 Å². The van der Waals surface area contributed by atoms with Gasteiger partial charge in [0.25, 0.3) is 21.6 Å². The van der Waals surface area contributed by atoms with Gasteiger partial charge < -0.3 is 19.9 Å². The first kappa shape index (κ1) is 46.2. The number of piperazine rings is 1. The first-order valence-corrected chi connectivity index (χ1v) is 25.7. The molecule has 9 rings (SSSR count). The zero-order valence-corrected chi connectivity index (χ0v) is 39.6. The molecule has 352 valence electrons. The second-order valence-corrected chi connectivity index (χ2v) is 22.2. The molecule has 2 saturated heterocycles. The van der Waals surface area contributed by atoms with Crippen LogP contribution in [-0.2, 0) is 24.8 Å². The Kier molecular flexibility index (Phi) is 12.6. The smallest absolute Gasteiger partial charge is 0.293 e. The number of halogens is 1. The number of anilines is 2. The molecule has 2 fully saturated rings. The number of sulfonamides is 2. The average Bonchev–Trinajstić information content (AvgIpc) is 3.94. The van der Waals surface area contributed by atoms with Crippen LogP contribution in [0.4, 0.5) is 17.1 Å². The van der Waals surface area contributed by atoms with Gasteiger partial charge in [0.05, 0.1) is 51.7 Å². The molecule has 0 radical (unpaired) electrons. The van der Waals surface area contributed by atoms with Crippen LogP contribution in [0, 0.1) is 15.5 Å². The minimum atomic E-state index is -4.67. The number of rotatable bonds is 13. The molecule has 1 atom stereocenters. The summed E-state index contributed by atoms with van der Waals surface area (Å²) in [5.41, 5.74) is 6.62.